The average molecular weight is 223 g/mol. The highest BCUT2D eigenvalue weighted by Crippen LogP contribution is 2.25. The van der Waals surface area contributed by atoms with Crippen LogP contribution in [0.2, 0.25) is 0 Å². The highest BCUT2D eigenvalue weighted by Gasteiger charge is 2.15. The van der Waals surface area contributed by atoms with Gasteiger partial charge in [0.15, 0.2) is 0 Å². The molecule has 2 nitrogen and oxygen atoms in total. The molecule has 82 valence electrons. The van der Waals surface area contributed by atoms with E-state index in [2.05, 4.69) is 36.7 Å². The molecule has 1 unspecified atom stereocenters. The van der Waals surface area contributed by atoms with Crippen molar-refractivity contribution in [1.29, 1.82) is 0 Å². The van der Waals surface area contributed by atoms with Crippen molar-refractivity contribution in [2.75, 3.05) is 26.0 Å². The van der Waals surface area contributed by atoms with Gasteiger partial charge in [-0.2, -0.15) is 0 Å². The quantitative estimate of drug-likeness (QED) is 0.778. The van der Waals surface area contributed by atoms with E-state index in [1.807, 2.05) is 0 Å². The molecule has 0 radical (unpaired) electrons. The monoisotopic (exact) mass is 223 g/mol. The predicted octanol–water partition coefficient (Wildman–Crippen LogP) is 2.38. The van der Waals surface area contributed by atoms with Crippen LogP contribution in [0.4, 0.5) is 0 Å². The zero-order valence-corrected chi connectivity index (χ0v) is 10.1. The van der Waals surface area contributed by atoms with E-state index in [4.69, 9.17) is 4.74 Å². The lowest BCUT2D eigenvalue weighted by atomic mass is 10.1. The maximum Gasteiger partial charge on any atom is 0.0949 e. The summed E-state index contributed by atoms with van der Waals surface area (Å²) in [5, 5.41) is 3.35. The summed E-state index contributed by atoms with van der Waals surface area (Å²) < 4.78 is 5.72. The molecule has 1 saturated heterocycles. The summed E-state index contributed by atoms with van der Waals surface area (Å²) in [5.74, 6) is 0. The van der Waals surface area contributed by atoms with Crippen LogP contribution in [0, 0.1) is 6.92 Å². The molecule has 1 fully saturated rings. The molecule has 0 spiro atoms. The standard InChI is InChI=1S/C12H17NOS/c1-9-7-10(3-4-12(9)15-2)11-8-13-5-6-14-11/h3-4,7,11,13H,5-6,8H2,1-2H3. The number of rotatable bonds is 2. The molecule has 1 N–H and O–H groups in total. The van der Waals surface area contributed by atoms with Gasteiger partial charge < -0.3 is 10.1 Å². The van der Waals surface area contributed by atoms with Crippen molar-refractivity contribution in [3.63, 3.8) is 0 Å². The van der Waals surface area contributed by atoms with Gasteiger partial charge >= 0.3 is 0 Å². The van der Waals surface area contributed by atoms with E-state index in [0.717, 1.165) is 19.7 Å². The topological polar surface area (TPSA) is 21.3 Å². The van der Waals surface area contributed by atoms with Gasteiger partial charge in [-0.25, -0.2) is 0 Å². The third kappa shape index (κ3) is 2.54. The Kier molecular flexibility index (Phi) is 3.67. The highest BCUT2D eigenvalue weighted by molar-refractivity contribution is 7.98. The van der Waals surface area contributed by atoms with Crippen LogP contribution in [0.1, 0.15) is 17.2 Å². The molecule has 0 bridgehead atoms. The molecule has 15 heavy (non-hydrogen) atoms. The Morgan fingerprint density at radius 2 is 2.33 bits per heavy atom. The minimum Gasteiger partial charge on any atom is -0.371 e. The van der Waals surface area contributed by atoms with Crippen LogP contribution in [-0.4, -0.2) is 26.0 Å². The number of aryl methyl sites for hydroxylation is 1. The van der Waals surface area contributed by atoms with Gasteiger partial charge in [0, 0.05) is 18.0 Å². The lowest BCUT2D eigenvalue weighted by Crippen LogP contribution is -2.33. The molecule has 0 amide bonds. The highest BCUT2D eigenvalue weighted by atomic mass is 32.2. The molecule has 0 aliphatic carbocycles. The Labute approximate surface area is 95.4 Å². The fourth-order valence-electron chi connectivity index (χ4n) is 1.88. The van der Waals surface area contributed by atoms with E-state index in [9.17, 15) is 0 Å². The summed E-state index contributed by atoms with van der Waals surface area (Å²) in [4.78, 5) is 1.35. The molecule has 1 aliphatic rings. The Balaban J connectivity index is 2.17. The molecule has 1 aromatic rings. The van der Waals surface area contributed by atoms with Crippen molar-refractivity contribution in [3.8, 4) is 0 Å². The second-order valence-corrected chi connectivity index (χ2v) is 4.64. The van der Waals surface area contributed by atoms with Crippen LogP contribution >= 0.6 is 11.8 Å². The fourth-order valence-corrected chi connectivity index (χ4v) is 2.47. The molecule has 1 atom stereocenters. The smallest absolute Gasteiger partial charge is 0.0949 e. The van der Waals surface area contributed by atoms with E-state index in [1.165, 1.54) is 16.0 Å². The maximum absolute atomic E-state index is 5.72. The first-order valence-electron chi connectivity index (χ1n) is 5.28. The van der Waals surface area contributed by atoms with E-state index >= 15 is 0 Å². The first-order valence-corrected chi connectivity index (χ1v) is 6.50. The Morgan fingerprint density at radius 3 is 2.93 bits per heavy atom. The Hall–Kier alpha value is -0.510. The van der Waals surface area contributed by atoms with Crippen molar-refractivity contribution < 1.29 is 4.74 Å². The number of hydrogen-bond donors (Lipinski definition) is 1. The summed E-state index contributed by atoms with van der Waals surface area (Å²) in [5.41, 5.74) is 2.63. The van der Waals surface area contributed by atoms with Crippen molar-refractivity contribution in [2.24, 2.45) is 0 Å². The zero-order valence-electron chi connectivity index (χ0n) is 9.25. The summed E-state index contributed by atoms with van der Waals surface area (Å²) in [7, 11) is 0. The van der Waals surface area contributed by atoms with Crippen LogP contribution in [0.25, 0.3) is 0 Å². The minimum atomic E-state index is 0.230. The van der Waals surface area contributed by atoms with Gasteiger partial charge in [0.05, 0.1) is 12.7 Å². The van der Waals surface area contributed by atoms with Gasteiger partial charge in [0.2, 0.25) is 0 Å². The summed E-state index contributed by atoms with van der Waals surface area (Å²) in [6, 6.07) is 6.60. The number of thioether (sulfide) groups is 1. The number of benzene rings is 1. The second-order valence-electron chi connectivity index (χ2n) is 3.79. The van der Waals surface area contributed by atoms with Crippen molar-refractivity contribution in [3.05, 3.63) is 29.3 Å². The lowest BCUT2D eigenvalue weighted by molar-refractivity contribution is 0.0276. The van der Waals surface area contributed by atoms with Crippen molar-refractivity contribution >= 4 is 11.8 Å². The van der Waals surface area contributed by atoms with Crippen LogP contribution < -0.4 is 5.32 Å². The molecule has 1 aliphatic heterocycles. The van der Waals surface area contributed by atoms with Crippen molar-refractivity contribution in [1.82, 2.24) is 5.32 Å². The number of ether oxygens (including phenoxy) is 1. The summed E-state index contributed by atoms with van der Waals surface area (Å²) in [6.07, 6.45) is 2.34. The molecule has 1 aromatic carbocycles. The lowest BCUT2D eigenvalue weighted by Gasteiger charge is -2.24. The van der Waals surface area contributed by atoms with Gasteiger partial charge in [-0.05, 0) is 30.4 Å². The molecular formula is C12H17NOS. The fraction of sp³-hybridized carbons (Fsp3) is 0.500. The number of morpholine rings is 1. The third-order valence-electron chi connectivity index (χ3n) is 2.72. The molecule has 1 heterocycles. The summed E-state index contributed by atoms with van der Waals surface area (Å²) in [6.45, 7) is 4.87. The molecule has 2 rings (SSSR count). The van der Waals surface area contributed by atoms with Gasteiger partial charge in [-0.1, -0.05) is 12.1 Å². The van der Waals surface area contributed by atoms with E-state index in [1.54, 1.807) is 11.8 Å². The van der Waals surface area contributed by atoms with E-state index in [0.29, 0.717) is 0 Å². The third-order valence-corrected chi connectivity index (χ3v) is 3.62. The number of nitrogens with one attached hydrogen (secondary N) is 1. The largest absolute Gasteiger partial charge is 0.371 e. The number of hydrogen-bond acceptors (Lipinski definition) is 3. The zero-order chi connectivity index (χ0) is 10.7. The van der Waals surface area contributed by atoms with Crippen LogP contribution in [0.15, 0.2) is 23.1 Å². The molecule has 3 heteroatoms. The van der Waals surface area contributed by atoms with E-state index < -0.39 is 0 Å². The van der Waals surface area contributed by atoms with Gasteiger partial charge in [0.25, 0.3) is 0 Å². The van der Waals surface area contributed by atoms with Crippen LogP contribution in [0.5, 0.6) is 0 Å². The van der Waals surface area contributed by atoms with Gasteiger partial charge in [-0.3, -0.25) is 0 Å². The minimum absolute atomic E-state index is 0.230. The van der Waals surface area contributed by atoms with Crippen LogP contribution in [-0.2, 0) is 4.74 Å². The molecule has 0 saturated carbocycles. The SMILES string of the molecule is CSc1ccc(C2CNCCO2)cc1C. The summed E-state index contributed by atoms with van der Waals surface area (Å²) >= 11 is 1.79. The Bertz CT molecular complexity index is 334. The maximum atomic E-state index is 5.72. The predicted molar refractivity (Wildman–Crippen MR) is 64.5 cm³/mol. The average Bonchev–Trinajstić information content (AvgIpc) is 2.30. The molecule has 0 aromatic heterocycles. The van der Waals surface area contributed by atoms with Crippen molar-refractivity contribution in [2.45, 2.75) is 17.9 Å². The van der Waals surface area contributed by atoms with Crippen LogP contribution in [0.3, 0.4) is 0 Å². The first kappa shape index (κ1) is 11.0. The first-order chi connectivity index (χ1) is 7.31. The molecular weight excluding hydrogens is 206 g/mol. The normalized spacial score (nSPS) is 21.6. The second kappa shape index (κ2) is 5.01. The van der Waals surface area contributed by atoms with Gasteiger partial charge in [-0.15, -0.1) is 11.8 Å². The van der Waals surface area contributed by atoms with E-state index in [-0.39, 0.29) is 6.10 Å². The Morgan fingerprint density at radius 1 is 1.47 bits per heavy atom. The van der Waals surface area contributed by atoms with Gasteiger partial charge in [0.1, 0.15) is 0 Å².